The molecule has 1 aromatic heterocycles. The maximum atomic E-state index is 11.5. The van der Waals surface area contributed by atoms with E-state index in [-0.39, 0.29) is 23.3 Å². The second kappa shape index (κ2) is 4.93. The van der Waals surface area contributed by atoms with Gasteiger partial charge >= 0.3 is 5.97 Å². The van der Waals surface area contributed by atoms with E-state index in [1.807, 2.05) is 6.92 Å². The molecule has 1 saturated heterocycles. The first-order valence-electron chi connectivity index (χ1n) is 5.48. The molecule has 6 nitrogen and oxygen atoms in total. The van der Waals surface area contributed by atoms with E-state index in [4.69, 9.17) is 5.11 Å². The number of hydrogen-bond donors (Lipinski definition) is 1. The minimum absolute atomic E-state index is 0.0510. The lowest BCUT2D eigenvalue weighted by atomic mass is 10.3. The molecular formula is C10H14N2O4S2. The topological polar surface area (TPSA) is 89.3 Å². The van der Waals surface area contributed by atoms with Crippen LogP contribution in [0.1, 0.15) is 18.2 Å². The Balaban J connectivity index is 2.20. The van der Waals surface area contributed by atoms with Crippen LogP contribution in [0.5, 0.6) is 0 Å². The van der Waals surface area contributed by atoms with Crippen molar-refractivity contribution in [1.29, 1.82) is 0 Å². The molecule has 1 unspecified atom stereocenters. The summed E-state index contributed by atoms with van der Waals surface area (Å²) in [5.74, 6) is -0.677. The van der Waals surface area contributed by atoms with Gasteiger partial charge < -0.3 is 5.11 Å². The van der Waals surface area contributed by atoms with Crippen molar-refractivity contribution in [3.8, 4) is 0 Å². The van der Waals surface area contributed by atoms with Crippen molar-refractivity contribution in [3.05, 3.63) is 11.8 Å². The third kappa shape index (κ3) is 3.05. The Morgan fingerprint density at radius 2 is 2.39 bits per heavy atom. The molecular weight excluding hydrogens is 276 g/mol. The summed E-state index contributed by atoms with van der Waals surface area (Å²) in [6.07, 6.45) is 0.546. The Labute approximate surface area is 109 Å². The predicted molar refractivity (Wildman–Crippen MR) is 67.6 cm³/mol. The largest absolute Gasteiger partial charge is 0.481 e. The average Bonchev–Trinajstić information content (AvgIpc) is 2.78. The third-order valence-electron chi connectivity index (χ3n) is 2.72. The molecule has 1 atom stereocenters. The fraction of sp³-hybridized carbons (Fsp3) is 0.600. The zero-order valence-corrected chi connectivity index (χ0v) is 11.5. The number of hydrogen-bond acceptors (Lipinski definition) is 5. The van der Waals surface area contributed by atoms with Gasteiger partial charge in [-0.2, -0.15) is 5.10 Å². The van der Waals surface area contributed by atoms with Gasteiger partial charge in [-0.3, -0.25) is 9.48 Å². The van der Waals surface area contributed by atoms with Crippen molar-refractivity contribution in [2.75, 3.05) is 17.3 Å². The first kappa shape index (κ1) is 13.4. The zero-order valence-electron chi connectivity index (χ0n) is 9.87. The molecule has 0 spiro atoms. The maximum Gasteiger partial charge on any atom is 0.313 e. The Kier molecular flexibility index (Phi) is 3.67. The van der Waals surface area contributed by atoms with E-state index in [9.17, 15) is 13.2 Å². The molecule has 1 aromatic rings. The van der Waals surface area contributed by atoms with Gasteiger partial charge in [0.05, 0.1) is 34.0 Å². The van der Waals surface area contributed by atoms with E-state index in [0.717, 1.165) is 10.7 Å². The van der Waals surface area contributed by atoms with Gasteiger partial charge in [-0.1, -0.05) is 11.8 Å². The summed E-state index contributed by atoms with van der Waals surface area (Å²) < 4.78 is 24.6. The quantitative estimate of drug-likeness (QED) is 0.822. The van der Waals surface area contributed by atoms with E-state index < -0.39 is 15.8 Å². The van der Waals surface area contributed by atoms with Crippen molar-refractivity contribution in [3.63, 3.8) is 0 Å². The Morgan fingerprint density at radius 1 is 1.67 bits per heavy atom. The maximum absolute atomic E-state index is 11.5. The van der Waals surface area contributed by atoms with Crippen LogP contribution < -0.4 is 0 Å². The number of thioether (sulfide) groups is 1. The number of carboxylic acids is 1. The van der Waals surface area contributed by atoms with Gasteiger partial charge in [0, 0.05) is 0 Å². The Hall–Kier alpha value is -1.02. The van der Waals surface area contributed by atoms with Crippen molar-refractivity contribution >= 4 is 27.6 Å². The molecule has 8 heteroatoms. The lowest BCUT2D eigenvalue weighted by molar-refractivity contribution is -0.133. The molecule has 0 aliphatic carbocycles. The molecule has 0 radical (unpaired) electrons. The molecule has 1 aliphatic heterocycles. The summed E-state index contributed by atoms with van der Waals surface area (Å²) in [5.41, 5.74) is 0.771. The van der Waals surface area contributed by atoms with Crippen LogP contribution in [0.25, 0.3) is 0 Å². The molecule has 0 aromatic carbocycles. The number of nitrogens with zero attached hydrogens (tertiary/aromatic N) is 2. The van der Waals surface area contributed by atoms with Gasteiger partial charge in [0.1, 0.15) is 0 Å². The van der Waals surface area contributed by atoms with E-state index in [0.29, 0.717) is 6.42 Å². The fourth-order valence-electron chi connectivity index (χ4n) is 1.97. The molecule has 100 valence electrons. The van der Waals surface area contributed by atoms with Gasteiger partial charge in [-0.05, 0) is 19.4 Å². The molecule has 1 aliphatic rings. The lowest BCUT2D eigenvalue weighted by Crippen LogP contribution is -2.14. The molecule has 2 heterocycles. The first-order valence-corrected chi connectivity index (χ1v) is 8.29. The smallest absolute Gasteiger partial charge is 0.313 e. The number of rotatable bonds is 4. The molecule has 1 N–H and O–H groups in total. The Morgan fingerprint density at radius 3 is 2.94 bits per heavy atom. The van der Waals surface area contributed by atoms with E-state index >= 15 is 0 Å². The van der Waals surface area contributed by atoms with Crippen LogP contribution in [-0.4, -0.2) is 46.5 Å². The predicted octanol–water partition coefficient (Wildman–Crippen LogP) is 0.728. The van der Waals surface area contributed by atoms with E-state index in [1.165, 1.54) is 11.8 Å². The summed E-state index contributed by atoms with van der Waals surface area (Å²) in [7, 11) is -2.97. The third-order valence-corrected chi connectivity index (χ3v) is 5.46. The highest BCUT2D eigenvalue weighted by Crippen LogP contribution is 2.29. The van der Waals surface area contributed by atoms with Crippen LogP contribution in [0.3, 0.4) is 0 Å². The highest BCUT2D eigenvalue weighted by molar-refractivity contribution is 7.99. The van der Waals surface area contributed by atoms with Crippen LogP contribution in [-0.2, 0) is 14.6 Å². The van der Waals surface area contributed by atoms with Gasteiger partial charge in [0.25, 0.3) is 0 Å². The van der Waals surface area contributed by atoms with Crippen molar-refractivity contribution in [1.82, 2.24) is 9.78 Å². The Bertz CT molecular complexity index is 564. The SMILES string of the molecule is Cc1cc(SCC(=O)O)n(C2CCS(=O)(=O)C2)n1. The van der Waals surface area contributed by atoms with Gasteiger partial charge in [-0.25, -0.2) is 8.42 Å². The second-order valence-electron chi connectivity index (χ2n) is 4.31. The number of aryl methyl sites for hydroxylation is 1. The first-order chi connectivity index (χ1) is 8.37. The van der Waals surface area contributed by atoms with Crippen molar-refractivity contribution in [2.45, 2.75) is 24.4 Å². The minimum Gasteiger partial charge on any atom is -0.481 e. The summed E-state index contributed by atoms with van der Waals surface area (Å²) in [6.45, 7) is 1.81. The molecule has 2 rings (SSSR count). The highest BCUT2D eigenvalue weighted by Gasteiger charge is 2.31. The number of aromatic nitrogens is 2. The summed E-state index contributed by atoms with van der Waals surface area (Å²) in [5, 5.41) is 13.7. The fourth-order valence-corrected chi connectivity index (χ4v) is 4.51. The highest BCUT2D eigenvalue weighted by atomic mass is 32.2. The monoisotopic (exact) mass is 290 g/mol. The normalized spacial score (nSPS) is 22.2. The summed E-state index contributed by atoms with van der Waals surface area (Å²) in [4.78, 5) is 10.6. The van der Waals surface area contributed by atoms with Crippen LogP contribution in [0.2, 0.25) is 0 Å². The van der Waals surface area contributed by atoms with Crippen LogP contribution in [0.4, 0.5) is 0 Å². The molecule has 1 fully saturated rings. The lowest BCUT2D eigenvalue weighted by Gasteiger charge is -2.11. The minimum atomic E-state index is -2.97. The number of sulfone groups is 1. The van der Waals surface area contributed by atoms with Gasteiger partial charge in [0.15, 0.2) is 9.84 Å². The van der Waals surface area contributed by atoms with Gasteiger partial charge in [0.2, 0.25) is 0 Å². The zero-order chi connectivity index (χ0) is 13.3. The van der Waals surface area contributed by atoms with Crippen molar-refractivity contribution < 1.29 is 18.3 Å². The number of carbonyl (C=O) groups is 1. The van der Waals surface area contributed by atoms with Crippen LogP contribution in [0, 0.1) is 6.92 Å². The van der Waals surface area contributed by atoms with Gasteiger partial charge in [-0.15, -0.1) is 0 Å². The molecule has 0 saturated carbocycles. The van der Waals surface area contributed by atoms with Crippen LogP contribution >= 0.6 is 11.8 Å². The number of aliphatic carboxylic acids is 1. The molecule has 18 heavy (non-hydrogen) atoms. The van der Waals surface area contributed by atoms with E-state index in [2.05, 4.69) is 5.10 Å². The molecule has 0 amide bonds. The second-order valence-corrected chi connectivity index (χ2v) is 7.53. The number of carboxylic acid groups (broad SMARTS) is 1. The summed E-state index contributed by atoms with van der Waals surface area (Å²) >= 11 is 1.17. The van der Waals surface area contributed by atoms with Crippen LogP contribution in [0.15, 0.2) is 11.1 Å². The average molecular weight is 290 g/mol. The summed E-state index contributed by atoms with van der Waals surface area (Å²) in [6, 6.07) is 1.62. The van der Waals surface area contributed by atoms with E-state index in [1.54, 1.807) is 10.7 Å². The van der Waals surface area contributed by atoms with Crippen molar-refractivity contribution in [2.24, 2.45) is 0 Å². The molecule has 0 bridgehead atoms. The standard InChI is InChI=1S/C10H14N2O4S2/c1-7-4-9(17-5-10(13)14)12(11-7)8-2-3-18(15,16)6-8/h4,8H,2-3,5-6H2,1H3,(H,13,14).